The fourth-order valence-electron chi connectivity index (χ4n) is 2.96. The molecule has 3 heterocycles. The second kappa shape index (κ2) is 4.45. The van der Waals surface area contributed by atoms with Crippen molar-refractivity contribution in [1.82, 2.24) is 20.0 Å². The largest absolute Gasteiger partial charge is 0.296 e. The molecule has 3 rings (SSSR count). The first-order chi connectivity index (χ1) is 9.04. The summed E-state index contributed by atoms with van der Waals surface area (Å²) < 4.78 is 1.92. The lowest BCUT2D eigenvalue weighted by molar-refractivity contribution is -0.136. The first-order valence-electron chi connectivity index (χ1n) is 6.60. The van der Waals surface area contributed by atoms with Gasteiger partial charge in [-0.05, 0) is 13.5 Å². The molecular weight excluding hydrogens is 244 g/mol. The molecule has 1 atom stereocenters. The van der Waals surface area contributed by atoms with Gasteiger partial charge < -0.3 is 0 Å². The average Bonchev–Trinajstić information content (AvgIpc) is 2.84. The molecule has 1 unspecified atom stereocenters. The zero-order valence-corrected chi connectivity index (χ0v) is 11.3. The molecule has 0 aromatic carbocycles. The summed E-state index contributed by atoms with van der Waals surface area (Å²) >= 11 is 0. The van der Waals surface area contributed by atoms with Crippen LogP contribution in [0.15, 0.2) is 0 Å². The van der Waals surface area contributed by atoms with E-state index in [1.165, 1.54) is 11.3 Å². The average molecular weight is 262 g/mol. The Morgan fingerprint density at radius 1 is 1.32 bits per heavy atom. The van der Waals surface area contributed by atoms with Crippen molar-refractivity contribution in [2.24, 2.45) is 13.0 Å². The van der Waals surface area contributed by atoms with E-state index in [0.717, 1.165) is 18.8 Å². The summed E-state index contributed by atoms with van der Waals surface area (Å²) in [4.78, 5) is 25.2. The van der Waals surface area contributed by atoms with Crippen LogP contribution in [-0.4, -0.2) is 33.5 Å². The third kappa shape index (κ3) is 2.16. The number of rotatable bonds is 2. The molecule has 1 aromatic heterocycles. The molecule has 1 N–H and O–H groups in total. The Hall–Kier alpha value is -1.69. The predicted molar refractivity (Wildman–Crippen MR) is 68.0 cm³/mol. The number of aromatic nitrogens is 2. The minimum Gasteiger partial charge on any atom is -0.296 e. The summed E-state index contributed by atoms with van der Waals surface area (Å²) in [6.07, 6.45) is 1.70. The normalized spacial score (nSPS) is 23.6. The third-order valence-corrected chi connectivity index (χ3v) is 4.00. The SMILES string of the molecule is CN1Cc2c(CC3CCC(=O)NC3=O)nn(C)c2C1. The number of nitrogens with one attached hydrogen (secondary N) is 1. The smallest absolute Gasteiger partial charge is 0.230 e. The van der Waals surface area contributed by atoms with Crippen LogP contribution < -0.4 is 5.32 Å². The van der Waals surface area contributed by atoms with Crippen LogP contribution in [0, 0.1) is 5.92 Å². The van der Waals surface area contributed by atoms with Crippen LogP contribution in [0.1, 0.15) is 29.8 Å². The number of hydrogen-bond donors (Lipinski definition) is 1. The van der Waals surface area contributed by atoms with Gasteiger partial charge in [-0.25, -0.2) is 0 Å². The van der Waals surface area contributed by atoms with E-state index in [-0.39, 0.29) is 17.7 Å². The van der Waals surface area contributed by atoms with Crippen molar-refractivity contribution in [3.8, 4) is 0 Å². The van der Waals surface area contributed by atoms with Crippen molar-refractivity contribution >= 4 is 11.8 Å². The van der Waals surface area contributed by atoms with Crippen LogP contribution in [-0.2, 0) is 36.1 Å². The Labute approximate surface area is 111 Å². The van der Waals surface area contributed by atoms with Gasteiger partial charge in [0, 0.05) is 44.5 Å². The molecule has 2 aliphatic heterocycles. The molecule has 1 saturated heterocycles. The molecule has 6 nitrogen and oxygen atoms in total. The van der Waals surface area contributed by atoms with E-state index in [0.29, 0.717) is 19.3 Å². The zero-order chi connectivity index (χ0) is 13.6. The third-order valence-electron chi connectivity index (χ3n) is 4.00. The van der Waals surface area contributed by atoms with Crippen molar-refractivity contribution in [3.05, 3.63) is 17.0 Å². The van der Waals surface area contributed by atoms with Gasteiger partial charge in [-0.2, -0.15) is 5.10 Å². The minimum absolute atomic E-state index is 0.123. The molecule has 2 aliphatic rings. The van der Waals surface area contributed by atoms with Crippen LogP contribution in [0.5, 0.6) is 0 Å². The maximum Gasteiger partial charge on any atom is 0.230 e. The topological polar surface area (TPSA) is 67.2 Å². The monoisotopic (exact) mass is 262 g/mol. The van der Waals surface area contributed by atoms with Gasteiger partial charge in [-0.15, -0.1) is 0 Å². The first-order valence-corrected chi connectivity index (χ1v) is 6.60. The lowest BCUT2D eigenvalue weighted by Gasteiger charge is -2.20. The molecule has 0 aliphatic carbocycles. The Bertz CT molecular complexity index is 549. The van der Waals surface area contributed by atoms with Crippen molar-refractivity contribution in [1.29, 1.82) is 0 Å². The molecule has 0 spiro atoms. The highest BCUT2D eigenvalue weighted by Gasteiger charge is 2.31. The van der Waals surface area contributed by atoms with E-state index in [1.807, 2.05) is 11.7 Å². The van der Waals surface area contributed by atoms with Gasteiger partial charge >= 0.3 is 0 Å². The fraction of sp³-hybridized carbons (Fsp3) is 0.615. The molecule has 102 valence electrons. The van der Waals surface area contributed by atoms with Crippen LogP contribution in [0.2, 0.25) is 0 Å². The highest BCUT2D eigenvalue weighted by molar-refractivity contribution is 5.98. The maximum atomic E-state index is 11.8. The van der Waals surface area contributed by atoms with Crippen LogP contribution in [0.4, 0.5) is 0 Å². The number of carbonyl (C=O) groups excluding carboxylic acids is 2. The van der Waals surface area contributed by atoms with Gasteiger partial charge in [-0.1, -0.05) is 0 Å². The summed E-state index contributed by atoms with van der Waals surface area (Å²) in [6, 6.07) is 0. The van der Waals surface area contributed by atoms with Crippen molar-refractivity contribution in [3.63, 3.8) is 0 Å². The van der Waals surface area contributed by atoms with E-state index in [1.54, 1.807) is 0 Å². The molecule has 2 amide bonds. The molecule has 1 aromatic rings. The highest BCUT2D eigenvalue weighted by atomic mass is 16.2. The van der Waals surface area contributed by atoms with Crippen molar-refractivity contribution in [2.45, 2.75) is 32.4 Å². The number of hydrogen-bond acceptors (Lipinski definition) is 4. The lowest BCUT2D eigenvalue weighted by atomic mass is 9.92. The van der Waals surface area contributed by atoms with Gasteiger partial charge in [0.2, 0.25) is 11.8 Å². The number of aryl methyl sites for hydroxylation is 1. The zero-order valence-electron chi connectivity index (χ0n) is 11.3. The second-order valence-corrected chi connectivity index (χ2v) is 5.52. The Balaban J connectivity index is 1.79. The van der Waals surface area contributed by atoms with Gasteiger partial charge in [0.15, 0.2) is 0 Å². The van der Waals surface area contributed by atoms with E-state index in [2.05, 4.69) is 22.4 Å². The molecule has 0 saturated carbocycles. The molecule has 1 fully saturated rings. The van der Waals surface area contributed by atoms with Crippen molar-refractivity contribution in [2.75, 3.05) is 7.05 Å². The summed E-state index contributed by atoms with van der Waals surface area (Å²) in [5, 5.41) is 6.95. The predicted octanol–water partition coefficient (Wildman–Crippen LogP) is -0.0392. The molecule has 0 bridgehead atoms. The number of imide groups is 1. The second-order valence-electron chi connectivity index (χ2n) is 5.52. The van der Waals surface area contributed by atoms with E-state index in [9.17, 15) is 9.59 Å². The Morgan fingerprint density at radius 2 is 2.11 bits per heavy atom. The van der Waals surface area contributed by atoms with Gasteiger partial charge in [-0.3, -0.25) is 24.5 Å². The molecule has 19 heavy (non-hydrogen) atoms. The van der Waals surface area contributed by atoms with Crippen molar-refractivity contribution < 1.29 is 9.59 Å². The van der Waals surface area contributed by atoms with Crippen LogP contribution in [0.25, 0.3) is 0 Å². The molecule has 0 radical (unpaired) electrons. The van der Waals surface area contributed by atoms with Gasteiger partial charge in [0.1, 0.15) is 0 Å². The van der Waals surface area contributed by atoms with Gasteiger partial charge in [0.25, 0.3) is 0 Å². The maximum absolute atomic E-state index is 11.8. The standard InChI is InChI=1S/C13H18N4O2/c1-16-6-9-10(15-17(2)11(9)7-16)5-8-3-4-12(18)14-13(8)19/h8H,3-7H2,1-2H3,(H,14,18,19). The highest BCUT2D eigenvalue weighted by Crippen LogP contribution is 2.27. The number of carbonyl (C=O) groups is 2. The van der Waals surface area contributed by atoms with Gasteiger partial charge in [0.05, 0.1) is 11.4 Å². The molecule has 6 heteroatoms. The Morgan fingerprint density at radius 3 is 2.84 bits per heavy atom. The Kier molecular flexibility index (Phi) is 2.89. The fourth-order valence-corrected chi connectivity index (χ4v) is 2.96. The number of nitrogens with zero attached hydrogens (tertiary/aromatic N) is 3. The quantitative estimate of drug-likeness (QED) is 0.760. The molecular formula is C13H18N4O2. The number of piperidine rings is 1. The van der Waals surface area contributed by atoms with E-state index >= 15 is 0 Å². The van der Waals surface area contributed by atoms with E-state index < -0.39 is 0 Å². The van der Waals surface area contributed by atoms with Crippen LogP contribution in [0.3, 0.4) is 0 Å². The summed E-state index contributed by atoms with van der Waals surface area (Å²) in [7, 11) is 4.03. The number of amides is 2. The van der Waals surface area contributed by atoms with Crippen LogP contribution >= 0.6 is 0 Å². The summed E-state index contributed by atoms with van der Waals surface area (Å²) in [6.45, 7) is 1.81. The van der Waals surface area contributed by atoms with E-state index in [4.69, 9.17) is 0 Å². The minimum atomic E-state index is -0.160. The first kappa shape index (κ1) is 12.3. The lowest BCUT2D eigenvalue weighted by Crippen LogP contribution is -2.41. The summed E-state index contributed by atoms with van der Waals surface area (Å²) in [5.74, 6) is -0.433. The summed E-state index contributed by atoms with van der Waals surface area (Å²) in [5.41, 5.74) is 3.51. The number of fused-ring (bicyclic) bond motifs is 1.